The molecule has 0 unspecified atom stereocenters. The third kappa shape index (κ3) is 4.16. The molecule has 6 heteroatoms. The van der Waals surface area contributed by atoms with Gasteiger partial charge in [0, 0.05) is 31.3 Å². The first-order chi connectivity index (χ1) is 10.3. The molecule has 3 aromatic rings. The maximum absolute atomic E-state index is 5.65. The molecule has 0 N–H and O–H groups in total. The summed E-state index contributed by atoms with van der Waals surface area (Å²) in [4.78, 5) is 8.72. The summed E-state index contributed by atoms with van der Waals surface area (Å²) < 4.78 is 7.57. The number of hydrogen-bond acceptors (Lipinski definition) is 3. The Hall–Kier alpha value is -1.64. The molecule has 2 heterocycles. The van der Waals surface area contributed by atoms with E-state index < -0.39 is 0 Å². The standard InChI is InChI=1S/C15H12N3O.ClH.Pt/c1-18-11-10-16-15(18)13-8-5-9-14(17-13)19-12-6-3-2-4-7-12;;/h2-6,8-11H,1H3;1H;/q-1;;+2/p-1. The second-order valence-corrected chi connectivity index (χ2v) is 4.05. The number of benzene rings is 1. The number of pyridine rings is 1. The van der Waals surface area contributed by atoms with Gasteiger partial charge in [0.15, 0.2) is 5.82 Å². The molecule has 110 valence electrons. The number of rotatable bonds is 3. The molecule has 21 heavy (non-hydrogen) atoms. The molecule has 0 radical (unpaired) electrons. The molecule has 0 bridgehead atoms. The van der Waals surface area contributed by atoms with Crippen LogP contribution in [0.2, 0.25) is 0 Å². The molecule has 0 aliphatic heterocycles. The van der Waals surface area contributed by atoms with Crippen LogP contribution in [-0.4, -0.2) is 14.5 Å². The van der Waals surface area contributed by atoms with Gasteiger partial charge in [-0.05, 0) is 6.07 Å². The molecular formula is C15H12ClN3OPt. The van der Waals surface area contributed by atoms with Crippen LogP contribution in [0, 0.1) is 6.07 Å². The van der Waals surface area contributed by atoms with Crippen molar-refractivity contribution in [2.24, 2.45) is 7.05 Å². The number of aromatic nitrogens is 3. The minimum atomic E-state index is 0.531. The van der Waals surface area contributed by atoms with Crippen LogP contribution in [-0.2, 0) is 25.8 Å². The fourth-order valence-corrected chi connectivity index (χ4v) is 1.76. The van der Waals surface area contributed by atoms with E-state index in [1.54, 1.807) is 31.0 Å². The Morgan fingerprint density at radius 2 is 2.05 bits per heavy atom. The van der Waals surface area contributed by atoms with Crippen molar-refractivity contribution in [3.63, 3.8) is 0 Å². The molecule has 0 amide bonds. The number of nitrogens with zero attached hydrogens (tertiary/aromatic N) is 3. The zero-order valence-corrected chi connectivity index (χ0v) is 14.2. The van der Waals surface area contributed by atoms with Crippen molar-refractivity contribution in [2.45, 2.75) is 0 Å². The fraction of sp³-hybridized carbons (Fsp3) is 0.0667. The van der Waals surface area contributed by atoms with Crippen molar-refractivity contribution in [3.8, 4) is 23.1 Å². The van der Waals surface area contributed by atoms with E-state index >= 15 is 0 Å². The summed E-state index contributed by atoms with van der Waals surface area (Å²) in [5, 5.41) is 0. The average Bonchev–Trinajstić information content (AvgIpc) is 2.97. The van der Waals surface area contributed by atoms with Crippen molar-refractivity contribution < 1.29 is 23.5 Å². The van der Waals surface area contributed by atoms with Gasteiger partial charge in [0.2, 0.25) is 5.88 Å². The van der Waals surface area contributed by atoms with E-state index in [4.69, 9.17) is 4.74 Å². The van der Waals surface area contributed by atoms with Gasteiger partial charge in [0.1, 0.15) is 5.69 Å². The molecule has 3 rings (SSSR count). The summed E-state index contributed by atoms with van der Waals surface area (Å²) in [6, 6.07) is 16.1. The maximum atomic E-state index is 5.65. The Bertz CT molecular complexity index is 688. The van der Waals surface area contributed by atoms with Crippen LogP contribution in [0.4, 0.5) is 0 Å². The molecule has 4 nitrogen and oxygen atoms in total. The van der Waals surface area contributed by atoms with Gasteiger partial charge in [-0.2, -0.15) is 18.2 Å². The summed E-state index contributed by atoms with van der Waals surface area (Å²) >= 11 is 1.61. The van der Waals surface area contributed by atoms with E-state index in [2.05, 4.69) is 25.5 Å². The van der Waals surface area contributed by atoms with Crippen LogP contribution in [0.3, 0.4) is 0 Å². The van der Waals surface area contributed by atoms with Gasteiger partial charge in [0.05, 0.1) is 0 Å². The van der Waals surface area contributed by atoms with E-state index in [1.165, 1.54) is 0 Å². The van der Waals surface area contributed by atoms with Crippen LogP contribution in [0.15, 0.2) is 54.9 Å². The second kappa shape index (κ2) is 7.96. The second-order valence-electron chi connectivity index (χ2n) is 4.05. The van der Waals surface area contributed by atoms with Gasteiger partial charge in [-0.3, -0.25) is 0 Å². The molecule has 0 aliphatic carbocycles. The Balaban J connectivity index is 0.000000774. The third-order valence-electron chi connectivity index (χ3n) is 2.67. The average molecular weight is 481 g/mol. The first kappa shape index (κ1) is 15.7. The van der Waals surface area contributed by atoms with E-state index in [-0.39, 0.29) is 0 Å². The number of ether oxygens (including phenoxy) is 1. The number of aryl methyl sites for hydroxylation is 1. The molecule has 2 aromatic heterocycles. The number of imidazole rings is 1. The van der Waals surface area contributed by atoms with E-state index in [0.717, 1.165) is 11.5 Å². The van der Waals surface area contributed by atoms with Crippen LogP contribution >= 0.6 is 9.42 Å². The van der Waals surface area contributed by atoms with E-state index in [9.17, 15) is 0 Å². The number of hydrogen-bond donors (Lipinski definition) is 0. The Morgan fingerprint density at radius 1 is 1.19 bits per heavy atom. The molecule has 0 aliphatic rings. The third-order valence-corrected chi connectivity index (χ3v) is 2.67. The molecule has 1 aromatic carbocycles. The van der Waals surface area contributed by atoms with Crippen molar-refractivity contribution in [2.75, 3.05) is 0 Å². The minimum absolute atomic E-state index is 0.531. The fourth-order valence-electron chi connectivity index (χ4n) is 1.76. The van der Waals surface area contributed by atoms with Gasteiger partial charge in [-0.1, -0.05) is 6.07 Å². The first-order valence-electron chi connectivity index (χ1n) is 6.04. The predicted octanol–water partition coefficient (Wildman–Crippen LogP) is 3.76. The summed E-state index contributed by atoms with van der Waals surface area (Å²) in [5.74, 6) is 1.98. The normalized spacial score (nSPS) is 9.71. The molecule has 0 saturated heterocycles. The van der Waals surface area contributed by atoms with Gasteiger partial charge in [0.25, 0.3) is 0 Å². The van der Waals surface area contributed by atoms with Crippen molar-refractivity contribution in [1.82, 2.24) is 14.5 Å². The van der Waals surface area contributed by atoms with Gasteiger partial charge in [-0.15, -0.1) is 12.1 Å². The zero-order chi connectivity index (χ0) is 15.1. The molecule has 0 atom stereocenters. The molecule has 0 spiro atoms. The predicted molar refractivity (Wildman–Crippen MR) is 77.6 cm³/mol. The first-order valence-corrected chi connectivity index (χ1v) is 8.86. The van der Waals surface area contributed by atoms with E-state index in [0.29, 0.717) is 11.6 Å². The summed E-state index contributed by atoms with van der Waals surface area (Å²) in [5.41, 5.74) is 0.779. The zero-order valence-electron chi connectivity index (χ0n) is 11.1. The topological polar surface area (TPSA) is 39.9 Å². The molecular weight excluding hydrogens is 469 g/mol. The number of para-hydroxylation sites is 1. The Labute approximate surface area is 138 Å². The van der Waals surface area contributed by atoms with Crippen molar-refractivity contribution in [3.05, 3.63) is 60.9 Å². The number of halogens is 1. The monoisotopic (exact) mass is 480 g/mol. The van der Waals surface area contributed by atoms with E-state index in [1.807, 2.05) is 54.2 Å². The van der Waals surface area contributed by atoms with Crippen LogP contribution < -0.4 is 4.74 Å². The van der Waals surface area contributed by atoms with Gasteiger partial charge < -0.3 is 9.30 Å². The quantitative estimate of drug-likeness (QED) is 0.536. The van der Waals surface area contributed by atoms with Gasteiger partial charge in [-0.25, -0.2) is 9.97 Å². The van der Waals surface area contributed by atoms with Crippen LogP contribution in [0.1, 0.15) is 0 Å². The Kier molecular flexibility index (Phi) is 5.97. The van der Waals surface area contributed by atoms with Gasteiger partial charge >= 0.3 is 28.2 Å². The summed E-state index contributed by atoms with van der Waals surface area (Å²) in [7, 11) is 6.54. The SMILES string of the molecule is Cn1ccnc1-c1cccc(Oc2[c-]cccc2)n1.[Cl][Pt+]. The Morgan fingerprint density at radius 3 is 2.71 bits per heavy atom. The van der Waals surface area contributed by atoms with Crippen LogP contribution in [0.25, 0.3) is 11.5 Å². The molecule has 0 fully saturated rings. The summed E-state index contributed by atoms with van der Waals surface area (Å²) in [6.45, 7) is 0. The van der Waals surface area contributed by atoms with Crippen LogP contribution in [0.5, 0.6) is 11.6 Å². The summed E-state index contributed by atoms with van der Waals surface area (Å²) in [6.07, 6.45) is 3.63. The van der Waals surface area contributed by atoms with Crippen molar-refractivity contribution >= 4 is 9.42 Å². The van der Waals surface area contributed by atoms with Crippen molar-refractivity contribution in [1.29, 1.82) is 0 Å². The molecule has 0 saturated carbocycles.